The van der Waals surface area contributed by atoms with Crippen LogP contribution in [0.3, 0.4) is 0 Å². The quantitative estimate of drug-likeness (QED) is 0.808. The average molecular weight is 250 g/mol. The first-order chi connectivity index (χ1) is 8.63. The van der Waals surface area contributed by atoms with Crippen LogP contribution in [0.15, 0.2) is 6.33 Å². The first kappa shape index (κ1) is 14.7. The van der Waals surface area contributed by atoms with Crippen LogP contribution in [0.25, 0.3) is 0 Å². The van der Waals surface area contributed by atoms with Crippen LogP contribution in [0.2, 0.25) is 0 Å². The highest BCUT2D eigenvalue weighted by Crippen LogP contribution is 2.24. The van der Waals surface area contributed by atoms with Gasteiger partial charge in [0.25, 0.3) is 0 Å². The van der Waals surface area contributed by atoms with Crippen LogP contribution in [0, 0.1) is 5.92 Å². The van der Waals surface area contributed by atoms with Crippen LogP contribution < -0.4 is 10.6 Å². The molecule has 0 aliphatic heterocycles. The Morgan fingerprint density at radius 2 is 2.00 bits per heavy atom. The lowest BCUT2D eigenvalue weighted by Gasteiger charge is -2.27. The third-order valence-electron chi connectivity index (χ3n) is 3.37. The van der Waals surface area contributed by atoms with Gasteiger partial charge in [0.05, 0.1) is 0 Å². The summed E-state index contributed by atoms with van der Waals surface area (Å²) in [6, 6.07) is 0. The minimum Gasteiger partial charge on any atom is -0.383 e. The second-order valence-corrected chi connectivity index (χ2v) is 4.86. The van der Waals surface area contributed by atoms with E-state index in [0.717, 1.165) is 37.3 Å². The number of hydrogen-bond acceptors (Lipinski definition) is 4. The molecule has 1 atom stereocenters. The van der Waals surface area contributed by atoms with E-state index in [1.54, 1.807) is 6.33 Å². The maximum Gasteiger partial charge on any atom is 0.137 e. The number of anilines is 2. The van der Waals surface area contributed by atoms with Crippen molar-refractivity contribution in [2.75, 3.05) is 23.7 Å². The van der Waals surface area contributed by atoms with Crippen molar-refractivity contribution in [2.45, 2.75) is 47.0 Å². The van der Waals surface area contributed by atoms with Gasteiger partial charge in [-0.05, 0) is 19.3 Å². The third-order valence-corrected chi connectivity index (χ3v) is 3.37. The lowest BCUT2D eigenvalue weighted by molar-refractivity contribution is 0.544. The number of aromatic nitrogens is 2. The fourth-order valence-electron chi connectivity index (χ4n) is 2.05. The number of rotatable bonds is 7. The Bertz CT molecular complexity index is 365. The second kappa shape index (κ2) is 7.19. The Kier molecular flexibility index (Phi) is 5.89. The Hall–Kier alpha value is -1.32. The number of hydrogen-bond donors (Lipinski definition) is 1. The molecular weight excluding hydrogens is 224 g/mol. The van der Waals surface area contributed by atoms with Crippen molar-refractivity contribution in [3.8, 4) is 0 Å². The third kappa shape index (κ3) is 3.59. The summed E-state index contributed by atoms with van der Waals surface area (Å²) in [4.78, 5) is 10.9. The highest BCUT2D eigenvalue weighted by molar-refractivity contribution is 5.56. The number of nitrogens with two attached hydrogens (primary N) is 1. The highest BCUT2D eigenvalue weighted by atomic mass is 15.2. The first-order valence-corrected chi connectivity index (χ1v) is 6.98. The summed E-state index contributed by atoms with van der Waals surface area (Å²) in [5.41, 5.74) is 7.09. The molecule has 2 N–H and O–H groups in total. The molecule has 0 aliphatic carbocycles. The largest absolute Gasteiger partial charge is 0.383 e. The van der Waals surface area contributed by atoms with Gasteiger partial charge in [-0.2, -0.15) is 0 Å². The normalized spacial score (nSPS) is 12.4. The van der Waals surface area contributed by atoms with Gasteiger partial charge in [-0.15, -0.1) is 0 Å². The second-order valence-electron chi connectivity index (χ2n) is 4.86. The molecule has 1 unspecified atom stereocenters. The molecular formula is C14H26N4. The standard InChI is InChI=1S/C14H26N4/c1-5-8-12-13(15)16-10-17-14(12)18(7-3)9-11(4)6-2/h10-11H,5-9H2,1-4H3,(H2,15,16,17). The molecule has 102 valence electrons. The Morgan fingerprint density at radius 3 is 2.56 bits per heavy atom. The van der Waals surface area contributed by atoms with Crippen molar-refractivity contribution in [2.24, 2.45) is 5.92 Å². The monoisotopic (exact) mass is 250 g/mol. The van der Waals surface area contributed by atoms with Gasteiger partial charge in [0.1, 0.15) is 18.0 Å². The molecule has 0 aromatic carbocycles. The van der Waals surface area contributed by atoms with Crippen LogP contribution in [-0.4, -0.2) is 23.1 Å². The number of nitrogen functional groups attached to an aromatic ring is 1. The van der Waals surface area contributed by atoms with Crippen molar-refractivity contribution in [1.29, 1.82) is 0 Å². The van der Waals surface area contributed by atoms with Crippen LogP contribution >= 0.6 is 0 Å². The summed E-state index contributed by atoms with van der Waals surface area (Å²) in [7, 11) is 0. The van der Waals surface area contributed by atoms with Gasteiger partial charge in [-0.1, -0.05) is 33.6 Å². The zero-order valence-electron chi connectivity index (χ0n) is 12.1. The smallest absolute Gasteiger partial charge is 0.137 e. The van der Waals surface area contributed by atoms with E-state index in [9.17, 15) is 0 Å². The van der Waals surface area contributed by atoms with E-state index in [4.69, 9.17) is 5.73 Å². The molecule has 0 amide bonds. The molecule has 0 saturated heterocycles. The van der Waals surface area contributed by atoms with Gasteiger partial charge in [0.2, 0.25) is 0 Å². The van der Waals surface area contributed by atoms with Crippen molar-refractivity contribution in [3.05, 3.63) is 11.9 Å². The van der Waals surface area contributed by atoms with E-state index in [-0.39, 0.29) is 0 Å². The molecule has 1 aromatic heterocycles. The predicted octanol–water partition coefficient (Wildman–Crippen LogP) is 2.88. The SMILES string of the molecule is CCCc1c(N)ncnc1N(CC)CC(C)CC. The molecule has 0 spiro atoms. The lowest BCUT2D eigenvalue weighted by Crippen LogP contribution is -2.30. The van der Waals surface area contributed by atoms with Gasteiger partial charge < -0.3 is 10.6 Å². The van der Waals surface area contributed by atoms with Crippen LogP contribution in [-0.2, 0) is 6.42 Å². The Morgan fingerprint density at radius 1 is 1.28 bits per heavy atom. The van der Waals surface area contributed by atoms with Crippen molar-refractivity contribution in [3.63, 3.8) is 0 Å². The zero-order valence-corrected chi connectivity index (χ0v) is 12.1. The molecule has 0 saturated carbocycles. The van der Waals surface area contributed by atoms with Gasteiger partial charge in [0.15, 0.2) is 0 Å². The van der Waals surface area contributed by atoms with Crippen LogP contribution in [0.1, 0.15) is 46.1 Å². The average Bonchev–Trinajstić information content (AvgIpc) is 2.38. The maximum absolute atomic E-state index is 5.99. The fraction of sp³-hybridized carbons (Fsp3) is 0.714. The Balaban J connectivity index is 3.00. The lowest BCUT2D eigenvalue weighted by atomic mass is 10.1. The molecule has 1 aromatic rings. The molecule has 0 radical (unpaired) electrons. The highest BCUT2D eigenvalue weighted by Gasteiger charge is 2.15. The van der Waals surface area contributed by atoms with Gasteiger partial charge in [-0.25, -0.2) is 9.97 Å². The van der Waals surface area contributed by atoms with Crippen LogP contribution in [0.4, 0.5) is 11.6 Å². The molecule has 0 bridgehead atoms. The summed E-state index contributed by atoms with van der Waals surface area (Å²) in [6.07, 6.45) is 4.76. The van der Waals surface area contributed by atoms with Crippen LogP contribution in [0.5, 0.6) is 0 Å². The van der Waals surface area contributed by atoms with E-state index in [2.05, 4.69) is 42.6 Å². The summed E-state index contributed by atoms with van der Waals surface area (Å²) >= 11 is 0. The molecule has 1 heterocycles. The minimum atomic E-state index is 0.629. The van der Waals surface area contributed by atoms with E-state index in [1.807, 2.05) is 0 Å². The zero-order chi connectivity index (χ0) is 13.5. The summed E-state index contributed by atoms with van der Waals surface area (Å²) in [5, 5.41) is 0. The van der Waals surface area contributed by atoms with Gasteiger partial charge in [0, 0.05) is 18.7 Å². The van der Waals surface area contributed by atoms with Gasteiger partial charge >= 0.3 is 0 Å². The fourth-order valence-corrected chi connectivity index (χ4v) is 2.05. The summed E-state index contributed by atoms with van der Waals surface area (Å²) < 4.78 is 0. The molecule has 1 rings (SSSR count). The first-order valence-electron chi connectivity index (χ1n) is 6.98. The van der Waals surface area contributed by atoms with Crippen molar-refractivity contribution in [1.82, 2.24) is 9.97 Å². The molecule has 0 aliphatic rings. The summed E-state index contributed by atoms with van der Waals surface area (Å²) in [6.45, 7) is 10.8. The predicted molar refractivity (Wildman–Crippen MR) is 77.8 cm³/mol. The molecule has 0 fully saturated rings. The van der Waals surface area contributed by atoms with Crippen molar-refractivity contribution >= 4 is 11.6 Å². The topological polar surface area (TPSA) is 55.0 Å². The van der Waals surface area contributed by atoms with E-state index >= 15 is 0 Å². The molecule has 4 nitrogen and oxygen atoms in total. The molecule has 18 heavy (non-hydrogen) atoms. The Labute approximate surface area is 111 Å². The van der Waals surface area contributed by atoms with Gasteiger partial charge in [-0.3, -0.25) is 0 Å². The number of nitrogens with zero attached hydrogens (tertiary/aromatic N) is 3. The van der Waals surface area contributed by atoms with E-state index < -0.39 is 0 Å². The minimum absolute atomic E-state index is 0.629. The summed E-state index contributed by atoms with van der Waals surface area (Å²) in [5.74, 6) is 2.31. The molecule has 4 heteroatoms. The maximum atomic E-state index is 5.99. The van der Waals surface area contributed by atoms with E-state index in [1.165, 1.54) is 6.42 Å². The van der Waals surface area contributed by atoms with Crippen molar-refractivity contribution < 1.29 is 0 Å². The van der Waals surface area contributed by atoms with E-state index in [0.29, 0.717) is 11.7 Å².